The first-order chi connectivity index (χ1) is 12.2. The maximum atomic E-state index is 12.1. The zero-order chi connectivity index (χ0) is 17.0. The molecule has 0 saturated heterocycles. The predicted molar refractivity (Wildman–Crippen MR) is 91.2 cm³/mol. The van der Waals surface area contributed by atoms with Gasteiger partial charge >= 0.3 is 5.97 Å². The highest BCUT2D eigenvalue weighted by molar-refractivity contribution is 6.07. The van der Waals surface area contributed by atoms with E-state index in [1.54, 1.807) is 7.11 Å². The van der Waals surface area contributed by atoms with E-state index in [2.05, 4.69) is 0 Å². The van der Waals surface area contributed by atoms with Crippen molar-refractivity contribution in [3.05, 3.63) is 53.6 Å². The molecular formula is C20H14O5. The zero-order valence-corrected chi connectivity index (χ0v) is 13.5. The van der Waals surface area contributed by atoms with Crippen molar-refractivity contribution in [2.75, 3.05) is 13.9 Å². The summed E-state index contributed by atoms with van der Waals surface area (Å²) in [6.07, 6.45) is 0. The molecule has 5 heteroatoms. The lowest BCUT2D eigenvalue weighted by atomic mass is 9.90. The van der Waals surface area contributed by atoms with E-state index < -0.39 is 0 Å². The molecule has 0 spiro atoms. The molecule has 124 valence electrons. The Kier molecular flexibility index (Phi) is 2.91. The number of esters is 1. The molecule has 2 aliphatic rings. The van der Waals surface area contributed by atoms with Crippen LogP contribution >= 0.6 is 0 Å². The van der Waals surface area contributed by atoms with Crippen LogP contribution in [0.1, 0.15) is 15.9 Å². The van der Waals surface area contributed by atoms with E-state index in [1.807, 2.05) is 42.5 Å². The topological polar surface area (TPSA) is 54.0 Å². The summed E-state index contributed by atoms with van der Waals surface area (Å²) in [4.78, 5) is 12.1. The molecule has 0 aliphatic carbocycles. The lowest BCUT2D eigenvalue weighted by Crippen LogP contribution is -1.96. The Balaban J connectivity index is 1.84. The fourth-order valence-electron chi connectivity index (χ4n) is 3.47. The van der Waals surface area contributed by atoms with Crippen molar-refractivity contribution in [2.24, 2.45) is 0 Å². The zero-order valence-electron chi connectivity index (χ0n) is 13.5. The molecule has 2 heterocycles. The van der Waals surface area contributed by atoms with E-state index >= 15 is 0 Å². The van der Waals surface area contributed by atoms with Crippen LogP contribution in [0.25, 0.3) is 21.9 Å². The smallest absolute Gasteiger partial charge is 0.338 e. The van der Waals surface area contributed by atoms with Gasteiger partial charge in [0.2, 0.25) is 6.79 Å². The maximum absolute atomic E-state index is 12.1. The molecule has 0 unspecified atom stereocenters. The van der Waals surface area contributed by atoms with Crippen LogP contribution in [0.15, 0.2) is 42.5 Å². The SMILES string of the molecule is COc1ccc2cc3c(c(-c4ccc5c(c4)OCO5)c2c1)COC3=O. The molecule has 5 nitrogen and oxygen atoms in total. The Morgan fingerprint density at radius 1 is 0.960 bits per heavy atom. The molecule has 0 atom stereocenters. The quantitative estimate of drug-likeness (QED) is 0.665. The van der Waals surface area contributed by atoms with E-state index in [9.17, 15) is 4.79 Å². The number of hydrogen-bond donors (Lipinski definition) is 0. The number of cyclic esters (lactones) is 1. The van der Waals surface area contributed by atoms with Gasteiger partial charge in [-0.15, -0.1) is 0 Å². The van der Waals surface area contributed by atoms with Gasteiger partial charge < -0.3 is 18.9 Å². The molecule has 0 aromatic heterocycles. The van der Waals surface area contributed by atoms with Crippen LogP contribution in [0.2, 0.25) is 0 Å². The van der Waals surface area contributed by atoms with Gasteiger partial charge in [-0.25, -0.2) is 4.79 Å². The molecule has 25 heavy (non-hydrogen) atoms. The number of fused-ring (bicyclic) bond motifs is 3. The van der Waals surface area contributed by atoms with E-state index in [-0.39, 0.29) is 19.4 Å². The summed E-state index contributed by atoms with van der Waals surface area (Å²) in [6, 6.07) is 13.5. The van der Waals surface area contributed by atoms with E-state index in [4.69, 9.17) is 18.9 Å². The standard InChI is InChI=1S/C20H14O5/c1-22-13-4-2-11-6-15-16(9-23-20(15)21)19(14(11)8-13)12-3-5-17-18(7-12)25-10-24-17/h2-8H,9-10H2,1H3. The normalized spacial score (nSPS) is 14.5. The van der Waals surface area contributed by atoms with Crippen LogP contribution in [-0.4, -0.2) is 19.9 Å². The fraction of sp³-hybridized carbons (Fsp3) is 0.150. The molecule has 3 aromatic carbocycles. The summed E-state index contributed by atoms with van der Waals surface area (Å²) >= 11 is 0. The summed E-state index contributed by atoms with van der Waals surface area (Å²) in [5.41, 5.74) is 3.43. The van der Waals surface area contributed by atoms with Crippen molar-refractivity contribution in [1.82, 2.24) is 0 Å². The van der Waals surface area contributed by atoms with Crippen LogP contribution in [0, 0.1) is 0 Å². The van der Waals surface area contributed by atoms with Gasteiger partial charge in [0.15, 0.2) is 11.5 Å². The number of carbonyl (C=O) groups excluding carboxylic acids is 1. The summed E-state index contributed by atoms with van der Waals surface area (Å²) < 4.78 is 21.6. The summed E-state index contributed by atoms with van der Waals surface area (Å²) in [5.74, 6) is 1.91. The highest BCUT2D eigenvalue weighted by Gasteiger charge is 2.27. The molecule has 0 radical (unpaired) electrons. The second kappa shape index (κ2) is 5.14. The van der Waals surface area contributed by atoms with Gasteiger partial charge in [0, 0.05) is 5.56 Å². The largest absolute Gasteiger partial charge is 0.497 e. The van der Waals surface area contributed by atoms with Crippen molar-refractivity contribution in [3.63, 3.8) is 0 Å². The van der Waals surface area contributed by atoms with Crippen molar-refractivity contribution >= 4 is 16.7 Å². The third-order valence-electron chi connectivity index (χ3n) is 4.69. The first-order valence-corrected chi connectivity index (χ1v) is 7.95. The van der Waals surface area contributed by atoms with Crippen LogP contribution in [0.4, 0.5) is 0 Å². The Hall–Kier alpha value is -3.21. The summed E-state index contributed by atoms with van der Waals surface area (Å²) in [6.45, 7) is 0.493. The summed E-state index contributed by atoms with van der Waals surface area (Å²) in [7, 11) is 1.64. The molecule has 0 fully saturated rings. The maximum Gasteiger partial charge on any atom is 0.338 e. The average molecular weight is 334 g/mol. The van der Waals surface area contributed by atoms with Gasteiger partial charge in [-0.05, 0) is 52.2 Å². The highest BCUT2D eigenvalue weighted by atomic mass is 16.7. The van der Waals surface area contributed by atoms with Crippen LogP contribution in [0.5, 0.6) is 17.2 Å². The Bertz CT molecular complexity index is 1040. The Morgan fingerprint density at radius 2 is 1.84 bits per heavy atom. The van der Waals surface area contributed by atoms with Crippen molar-refractivity contribution in [1.29, 1.82) is 0 Å². The lowest BCUT2D eigenvalue weighted by Gasteiger charge is -2.13. The Labute approximate surface area is 143 Å². The fourth-order valence-corrected chi connectivity index (χ4v) is 3.47. The Morgan fingerprint density at radius 3 is 2.72 bits per heavy atom. The van der Waals surface area contributed by atoms with E-state index in [0.29, 0.717) is 11.3 Å². The van der Waals surface area contributed by atoms with Gasteiger partial charge in [-0.2, -0.15) is 0 Å². The minimum absolute atomic E-state index is 0.224. The first kappa shape index (κ1) is 14.2. The van der Waals surface area contributed by atoms with Gasteiger partial charge in [-0.3, -0.25) is 0 Å². The third kappa shape index (κ3) is 2.05. The second-order valence-electron chi connectivity index (χ2n) is 6.01. The van der Waals surface area contributed by atoms with Crippen LogP contribution in [0.3, 0.4) is 0 Å². The van der Waals surface area contributed by atoms with Gasteiger partial charge in [-0.1, -0.05) is 12.1 Å². The number of ether oxygens (including phenoxy) is 4. The van der Waals surface area contributed by atoms with E-state index in [1.165, 1.54) is 0 Å². The number of hydrogen-bond acceptors (Lipinski definition) is 5. The molecule has 0 N–H and O–H groups in total. The molecule has 0 bridgehead atoms. The molecule has 3 aromatic rings. The predicted octanol–water partition coefficient (Wildman–Crippen LogP) is 3.91. The minimum Gasteiger partial charge on any atom is -0.497 e. The second-order valence-corrected chi connectivity index (χ2v) is 6.01. The summed E-state index contributed by atoms with van der Waals surface area (Å²) in [5, 5.41) is 1.97. The number of rotatable bonds is 2. The molecule has 0 saturated carbocycles. The monoisotopic (exact) mass is 334 g/mol. The molecule has 0 amide bonds. The lowest BCUT2D eigenvalue weighted by molar-refractivity contribution is 0.0535. The first-order valence-electron chi connectivity index (χ1n) is 7.95. The molecule has 2 aliphatic heterocycles. The molecule has 5 rings (SSSR count). The molecular weight excluding hydrogens is 320 g/mol. The van der Waals surface area contributed by atoms with Gasteiger partial charge in [0.1, 0.15) is 12.4 Å². The number of carbonyl (C=O) groups is 1. The third-order valence-corrected chi connectivity index (χ3v) is 4.69. The highest BCUT2D eigenvalue weighted by Crippen LogP contribution is 2.42. The van der Waals surface area contributed by atoms with E-state index in [0.717, 1.165) is 39.0 Å². The van der Waals surface area contributed by atoms with Gasteiger partial charge in [0.05, 0.1) is 12.7 Å². The van der Waals surface area contributed by atoms with Crippen molar-refractivity contribution in [3.8, 4) is 28.4 Å². The number of methoxy groups -OCH3 is 1. The van der Waals surface area contributed by atoms with Crippen molar-refractivity contribution < 1.29 is 23.7 Å². The van der Waals surface area contributed by atoms with Crippen LogP contribution in [-0.2, 0) is 11.3 Å². The number of benzene rings is 3. The van der Waals surface area contributed by atoms with Gasteiger partial charge in [0.25, 0.3) is 0 Å². The average Bonchev–Trinajstić information content (AvgIpc) is 3.25. The minimum atomic E-state index is -0.283. The van der Waals surface area contributed by atoms with Crippen molar-refractivity contribution in [2.45, 2.75) is 6.61 Å². The van der Waals surface area contributed by atoms with Crippen LogP contribution < -0.4 is 14.2 Å².